The third kappa shape index (κ3) is 4.45. The summed E-state index contributed by atoms with van der Waals surface area (Å²) in [6.07, 6.45) is 0.0145. The number of carbonyl (C=O) groups excluding carboxylic acids is 2. The summed E-state index contributed by atoms with van der Waals surface area (Å²) in [7, 11) is 0. The molecule has 2 aromatic rings. The van der Waals surface area contributed by atoms with Gasteiger partial charge >= 0.3 is 5.97 Å². The maximum Gasteiger partial charge on any atom is 0.316 e. The summed E-state index contributed by atoms with van der Waals surface area (Å²) >= 11 is 0. The van der Waals surface area contributed by atoms with Gasteiger partial charge in [0.05, 0.1) is 16.5 Å². The molecule has 1 fully saturated rings. The van der Waals surface area contributed by atoms with Crippen LogP contribution < -0.4 is 9.64 Å². The van der Waals surface area contributed by atoms with Crippen molar-refractivity contribution in [3.8, 4) is 5.75 Å². The van der Waals surface area contributed by atoms with Crippen LogP contribution in [0.1, 0.15) is 38.3 Å². The lowest BCUT2D eigenvalue weighted by atomic mass is 9.87. The molecule has 0 aliphatic carbocycles. The van der Waals surface area contributed by atoms with E-state index in [1.165, 1.54) is 11.0 Å². The highest BCUT2D eigenvalue weighted by molar-refractivity contribution is 6.00. The van der Waals surface area contributed by atoms with Crippen molar-refractivity contribution in [2.75, 3.05) is 11.4 Å². The van der Waals surface area contributed by atoms with Gasteiger partial charge in [0.2, 0.25) is 5.91 Å². The Labute approximate surface area is 169 Å². The molecule has 1 atom stereocenters. The van der Waals surface area contributed by atoms with E-state index < -0.39 is 16.8 Å². The van der Waals surface area contributed by atoms with E-state index in [0.717, 1.165) is 5.56 Å². The highest BCUT2D eigenvalue weighted by Crippen LogP contribution is 2.31. The van der Waals surface area contributed by atoms with Crippen LogP contribution in [-0.2, 0) is 15.0 Å². The molecule has 1 aliphatic heterocycles. The number of amides is 1. The summed E-state index contributed by atoms with van der Waals surface area (Å²) in [6, 6.07) is 11.9. The second-order valence-corrected chi connectivity index (χ2v) is 8.33. The number of aryl methyl sites for hydroxylation is 1. The number of nitro groups is 1. The van der Waals surface area contributed by atoms with E-state index in [1.54, 1.807) is 31.2 Å². The molecule has 1 aliphatic rings. The number of hydrogen-bond acceptors (Lipinski definition) is 5. The minimum atomic E-state index is -0.620. The van der Waals surface area contributed by atoms with Gasteiger partial charge in [-0.15, -0.1) is 0 Å². The molecule has 0 aromatic heterocycles. The normalized spacial score (nSPS) is 16.8. The van der Waals surface area contributed by atoms with Crippen LogP contribution >= 0.6 is 0 Å². The lowest BCUT2D eigenvalue weighted by Gasteiger charge is -2.19. The highest BCUT2D eigenvalue weighted by Gasteiger charge is 2.37. The fraction of sp³-hybridized carbons (Fsp3) is 0.364. The molecule has 7 nitrogen and oxygen atoms in total. The highest BCUT2D eigenvalue weighted by atomic mass is 16.6. The van der Waals surface area contributed by atoms with Crippen molar-refractivity contribution < 1.29 is 19.2 Å². The van der Waals surface area contributed by atoms with Gasteiger partial charge in [0, 0.05) is 24.6 Å². The lowest BCUT2D eigenvalue weighted by molar-refractivity contribution is -0.385. The Balaban J connectivity index is 1.71. The molecule has 1 amide bonds. The molecular weight excluding hydrogens is 372 g/mol. The maximum absolute atomic E-state index is 12.5. The van der Waals surface area contributed by atoms with Crippen LogP contribution in [0.25, 0.3) is 0 Å². The topological polar surface area (TPSA) is 89.8 Å². The smallest absolute Gasteiger partial charge is 0.316 e. The number of nitro benzene ring substituents is 1. The SMILES string of the molecule is Cc1ccc(N2C[C@@H](C(=O)Oc3ccc(C(C)(C)C)cc3)CC2=O)cc1[N+](=O)[O-]. The Morgan fingerprint density at radius 3 is 2.41 bits per heavy atom. The number of carbonyl (C=O) groups is 2. The van der Waals surface area contributed by atoms with Gasteiger partial charge < -0.3 is 9.64 Å². The number of anilines is 1. The Kier molecular flexibility index (Phi) is 5.42. The number of ether oxygens (including phenoxy) is 1. The minimum absolute atomic E-state index is 0.00242. The first-order valence-corrected chi connectivity index (χ1v) is 9.44. The van der Waals surface area contributed by atoms with E-state index in [1.807, 2.05) is 12.1 Å². The Morgan fingerprint density at radius 2 is 1.83 bits per heavy atom. The van der Waals surface area contributed by atoms with Crippen LogP contribution in [0.2, 0.25) is 0 Å². The Morgan fingerprint density at radius 1 is 1.17 bits per heavy atom. The van der Waals surface area contributed by atoms with Gasteiger partial charge in [-0.2, -0.15) is 0 Å². The molecule has 0 spiro atoms. The first kappa shape index (κ1) is 20.5. The van der Waals surface area contributed by atoms with E-state index in [0.29, 0.717) is 17.0 Å². The van der Waals surface area contributed by atoms with Gasteiger partial charge in [-0.1, -0.05) is 39.0 Å². The van der Waals surface area contributed by atoms with Crippen LogP contribution in [0.15, 0.2) is 42.5 Å². The van der Waals surface area contributed by atoms with E-state index in [9.17, 15) is 19.7 Å². The molecule has 0 bridgehead atoms. The summed E-state index contributed by atoms with van der Waals surface area (Å²) in [5.41, 5.74) is 2.00. The summed E-state index contributed by atoms with van der Waals surface area (Å²) in [5.74, 6) is -0.927. The van der Waals surface area contributed by atoms with Crippen molar-refractivity contribution in [3.05, 3.63) is 63.7 Å². The molecule has 0 radical (unpaired) electrons. The van der Waals surface area contributed by atoms with Crippen LogP contribution in [0.3, 0.4) is 0 Å². The molecule has 0 N–H and O–H groups in total. The van der Waals surface area contributed by atoms with Crippen molar-refractivity contribution in [1.29, 1.82) is 0 Å². The van der Waals surface area contributed by atoms with E-state index in [-0.39, 0.29) is 30.0 Å². The first-order chi connectivity index (χ1) is 13.6. The zero-order valence-corrected chi connectivity index (χ0v) is 17.0. The van der Waals surface area contributed by atoms with E-state index in [4.69, 9.17) is 4.74 Å². The standard InChI is InChI=1S/C22H24N2O5/c1-14-5-8-17(12-19(14)24(27)28)23-13-15(11-20(23)25)21(26)29-18-9-6-16(7-10-18)22(2,3)4/h5-10,12,15H,11,13H2,1-4H3/t15-/m0/s1. The predicted molar refractivity (Wildman–Crippen MR) is 109 cm³/mol. The summed E-state index contributed by atoms with van der Waals surface area (Å²) < 4.78 is 5.45. The number of benzene rings is 2. The van der Waals surface area contributed by atoms with Gasteiger partial charge in [-0.05, 0) is 36.1 Å². The van der Waals surface area contributed by atoms with Crippen molar-refractivity contribution in [3.63, 3.8) is 0 Å². The van der Waals surface area contributed by atoms with Crippen LogP contribution in [0, 0.1) is 23.0 Å². The van der Waals surface area contributed by atoms with Crippen LogP contribution in [-0.4, -0.2) is 23.3 Å². The van der Waals surface area contributed by atoms with E-state index >= 15 is 0 Å². The minimum Gasteiger partial charge on any atom is -0.426 e. The monoisotopic (exact) mass is 396 g/mol. The van der Waals surface area contributed by atoms with Crippen molar-refractivity contribution in [2.24, 2.45) is 5.92 Å². The average Bonchev–Trinajstić information content (AvgIpc) is 3.03. The zero-order valence-electron chi connectivity index (χ0n) is 17.0. The largest absolute Gasteiger partial charge is 0.426 e. The molecule has 1 heterocycles. The summed E-state index contributed by atoms with van der Waals surface area (Å²) in [6.45, 7) is 8.07. The van der Waals surface area contributed by atoms with Gasteiger partial charge in [-0.25, -0.2) is 0 Å². The second-order valence-electron chi connectivity index (χ2n) is 8.33. The molecule has 29 heavy (non-hydrogen) atoms. The van der Waals surface area contributed by atoms with Crippen molar-refractivity contribution in [2.45, 2.75) is 39.5 Å². The van der Waals surface area contributed by atoms with Gasteiger partial charge in [-0.3, -0.25) is 19.7 Å². The molecule has 0 saturated carbocycles. The fourth-order valence-corrected chi connectivity index (χ4v) is 3.30. The third-order valence-corrected chi connectivity index (χ3v) is 5.10. The third-order valence-electron chi connectivity index (χ3n) is 5.10. The second kappa shape index (κ2) is 7.66. The molecule has 0 unspecified atom stereocenters. The van der Waals surface area contributed by atoms with Crippen molar-refractivity contribution in [1.82, 2.24) is 0 Å². The van der Waals surface area contributed by atoms with Gasteiger partial charge in [0.1, 0.15) is 5.75 Å². The lowest BCUT2D eigenvalue weighted by Crippen LogP contribution is -2.27. The molecule has 1 saturated heterocycles. The predicted octanol–water partition coefficient (Wildman–Crippen LogP) is 4.16. The number of esters is 1. The maximum atomic E-state index is 12.5. The van der Waals surface area contributed by atoms with E-state index in [2.05, 4.69) is 20.8 Å². The van der Waals surface area contributed by atoms with Gasteiger partial charge in [0.25, 0.3) is 5.69 Å². The van der Waals surface area contributed by atoms with Crippen LogP contribution in [0.4, 0.5) is 11.4 Å². The number of rotatable bonds is 4. The van der Waals surface area contributed by atoms with Gasteiger partial charge in [0.15, 0.2) is 0 Å². The molecule has 7 heteroatoms. The summed E-state index contributed by atoms with van der Waals surface area (Å²) in [4.78, 5) is 37.0. The molecule has 2 aromatic carbocycles. The van der Waals surface area contributed by atoms with Crippen LogP contribution in [0.5, 0.6) is 5.75 Å². The fourth-order valence-electron chi connectivity index (χ4n) is 3.30. The molecular formula is C22H24N2O5. The Hall–Kier alpha value is -3.22. The van der Waals surface area contributed by atoms with Crippen molar-refractivity contribution >= 4 is 23.3 Å². The number of nitrogens with zero attached hydrogens (tertiary/aromatic N) is 2. The molecule has 152 valence electrons. The summed E-state index contributed by atoms with van der Waals surface area (Å²) in [5, 5.41) is 11.2. The molecule has 3 rings (SSSR count). The Bertz CT molecular complexity index is 960. The number of hydrogen-bond donors (Lipinski definition) is 0. The quantitative estimate of drug-likeness (QED) is 0.335. The average molecular weight is 396 g/mol. The first-order valence-electron chi connectivity index (χ1n) is 9.44. The zero-order chi connectivity index (χ0) is 21.3.